The zero-order chi connectivity index (χ0) is 13.7. The van der Waals surface area contributed by atoms with Crippen molar-refractivity contribution >= 4 is 27.7 Å². The van der Waals surface area contributed by atoms with Gasteiger partial charge in [-0.05, 0) is 34.7 Å². The van der Waals surface area contributed by atoms with Gasteiger partial charge in [0.1, 0.15) is 10.3 Å². The van der Waals surface area contributed by atoms with Crippen LogP contribution in [0, 0.1) is 5.92 Å². The summed E-state index contributed by atoms with van der Waals surface area (Å²) < 4.78 is 0.577. The third kappa shape index (κ3) is 4.76. The molecule has 5 heteroatoms. The normalized spacial score (nSPS) is 13.0. The van der Waals surface area contributed by atoms with Crippen LogP contribution in [0.5, 0.6) is 0 Å². The maximum Gasteiger partial charge on any atom is 0.265 e. The van der Waals surface area contributed by atoms with Gasteiger partial charge in [0.2, 0.25) is 0 Å². The van der Waals surface area contributed by atoms with Crippen molar-refractivity contribution < 1.29 is 0 Å². The lowest BCUT2D eigenvalue weighted by atomic mass is 10.1. The number of halogens is 1. The quantitative estimate of drug-likeness (QED) is 0.862. The molecule has 102 valence electrons. The number of hydrogen-bond acceptors (Lipinski definition) is 3. The molecule has 0 saturated heterocycles. The summed E-state index contributed by atoms with van der Waals surface area (Å²) in [6, 6.07) is 0. The Morgan fingerprint density at radius 3 is 2.61 bits per heavy atom. The van der Waals surface area contributed by atoms with E-state index in [1.165, 1.54) is 0 Å². The lowest BCUT2D eigenvalue weighted by molar-refractivity contribution is 0.628. The summed E-state index contributed by atoms with van der Waals surface area (Å²) in [4.78, 5) is 19.2. The summed E-state index contributed by atoms with van der Waals surface area (Å²) in [6.45, 7) is 8.61. The lowest BCUT2D eigenvalue weighted by Crippen LogP contribution is -2.16. The summed E-state index contributed by atoms with van der Waals surface area (Å²) >= 11 is 5.15. The molecule has 18 heavy (non-hydrogen) atoms. The van der Waals surface area contributed by atoms with Gasteiger partial charge in [-0.1, -0.05) is 27.7 Å². The van der Waals surface area contributed by atoms with Crippen LogP contribution in [-0.4, -0.2) is 15.2 Å². The number of aromatic nitrogens is 2. The molecule has 0 aliphatic carbocycles. The molecule has 0 amide bonds. The predicted octanol–water partition coefficient (Wildman–Crippen LogP) is 3.76. The van der Waals surface area contributed by atoms with E-state index in [0.717, 1.165) is 30.1 Å². The molecule has 0 spiro atoms. The van der Waals surface area contributed by atoms with Gasteiger partial charge >= 0.3 is 0 Å². The van der Waals surface area contributed by atoms with Crippen LogP contribution in [0.3, 0.4) is 0 Å². The van der Waals surface area contributed by atoms with Crippen molar-refractivity contribution in [1.29, 1.82) is 0 Å². The molecule has 1 unspecified atom stereocenters. The molecule has 0 saturated carbocycles. The zero-order valence-electron chi connectivity index (χ0n) is 11.4. The highest BCUT2D eigenvalue weighted by molar-refractivity contribution is 9.10. The molecule has 1 heterocycles. The first-order valence-corrected chi connectivity index (χ1v) is 8.17. The lowest BCUT2D eigenvalue weighted by Gasteiger charge is -2.10. The molecular weight excluding hydrogens is 312 g/mol. The number of nitrogens with zero attached hydrogens (tertiary/aromatic N) is 1. The minimum absolute atomic E-state index is 0.0691. The van der Waals surface area contributed by atoms with Crippen LogP contribution in [0.1, 0.15) is 45.6 Å². The molecule has 0 fully saturated rings. The summed E-state index contributed by atoms with van der Waals surface area (Å²) in [6.07, 6.45) is 1.95. The van der Waals surface area contributed by atoms with Crippen LogP contribution in [-0.2, 0) is 12.2 Å². The Labute approximate surface area is 121 Å². The maximum atomic E-state index is 11.8. The topological polar surface area (TPSA) is 45.8 Å². The average Bonchev–Trinajstić information content (AvgIpc) is 2.31. The second-order valence-corrected chi connectivity index (χ2v) is 7.12. The van der Waals surface area contributed by atoms with Crippen molar-refractivity contribution in [3.8, 4) is 0 Å². The SMILES string of the molecule is CCC(C)SCc1nc(CC(C)C)c(Br)c(=O)[nH]1. The molecule has 1 N–H and O–H groups in total. The Hall–Kier alpha value is -0.290. The van der Waals surface area contributed by atoms with Crippen molar-refractivity contribution in [2.45, 2.75) is 51.5 Å². The standard InChI is InChI=1S/C13H21BrN2OS/c1-5-9(4)18-7-11-15-10(6-8(2)3)12(14)13(17)16-11/h8-9H,5-7H2,1-4H3,(H,15,16,17). The highest BCUT2D eigenvalue weighted by Crippen LogP contribution is 2.19. The molecule has 3 nitrogen and oxygen atoms in total. The fourth-order valence-electron chi connectivity index (χ4n) is 1.49. The van der Waals surface area contributed by atoms with Crippen LogP contribution in [0.15, 0.2) is 9.27 Å². The summed E-state index contributed by atoms with van der Waals surface area (Å²) in [7, 11) is 0. The molecule has 1 rings (SSSR count). The van der Waals surface area contributed by atoms with E-state index in [-0.39, 0.29) is 5.56 Å². The molecule has 0 aromatic carbocycles. The van der Waals surface area contributed by atoms with Gasteiger partial charge in [0.25, 0.3) is 5.56 Å². The van der Waals surface area contributed by atoms with E-state index in [1.807, 2.05) is 11.8 Å². The van der Waals surface area contributed by atoms with E-state index in [4.69, 9.17) is 0 Å². The van der Waals surface area contributed by atoms with Crippen LogP contribution < -0.4 is 5.56 Å². The number of nitrogens with one attached hydrogen (secondary N) is 1. The van der Waals surface area contributed by atoms with Crippen LogP contribution in [0.2, 0.25) is 0 Å². The van der Waals surface area contributed by atoms with Crippen molar-refractivity contribution in [3.05, 3.63) is 26.3 Å². The molecule has 0 aliphatic rings. The van der Waals surface area contributed by atoms with E-state index >= 15 is 0 Å². The van der Waals surface area contributed by atoms with E-state index in [2.05, 4.69) is 53.6 Å². The van der Waals surface area contributed by atoms with Gasteiger partial charge in [0, 0.05) is 5.25 Å². The number of aromatic amines is 1. The first-order valence-electron chi connectivity index (χ1n) is 6.33. The third-order valence-corrected chi connectivity index (χ3v) is 4.82. The summed E-state index contributed by atoms with van der Waals surface area (Å²) in [5.41, 5.74) is 0.800. The Morgan fingerprint density at radius 2 is 2.06 bits per heavy atom. The molecule has 1 aromatic heterocycles. The van der Waals surface area contributed by atoms with E-state index < -0.39 is 0 Å². The Bertz CT molecular complexity index is 445. The van der Waals surface area contributed by atoms with Crippen LogP contribution in [0.4, 0.5) is 0 Å². The molecular formula is C13H21BrN2OS. The minimum atomic E-state index is -0.0691. The number of hydrogen-bond donors (Lipinski definition) is 1. The van der Waals surface area contributed by atoms with Gasteiger partial charge in [-0.3, -0.25) is 4.79 Å². The van der Waals surface area contributed by atoms with Gasteiger partial charge in [-0.2, -0.15) is 11.8 Å². The molecule has 1 aromatic rings. The van der Waals surface area contributed by atoms with Crippen LogP contribution in [0.25, 0.3) is 0 Å². The maximum absolute atomic E-state index is 11.8. The van der Waals surface area contributed by atoms with E-state index in [1.54, 1.807) is 0 Å². The van der Waals surface area contributed by atoms with Crippen molar-refractivity contribution in [2.24, 2.45) is 5.92 Å². The van der Waals surface area contributed by atoms with Crippen molar-refractivity contribution in [1.82, 2.24) is 9.97 Å². The zero-order valence-corrected chi connectivity index (χ0v) is 13.8. The smallest absolute Gasteiger partial charge is 0.265 e. The second-order valence-electron chi connectivity index (χ2n) is 4.90. The van der Waals surface area contributed by atoms with Crippen molar-refractivity contribution in [3.63, 3.8) is 0 Å². The van der Waals surface area contributed by atoms with E-state index in [9.17, 15) is 4.79 Å². The first-order chi connectivity index (χ1) is 8.43. The number of rotatable bonds is 6. The fraction of sp³-hybridized carbons (Fsp3) is 0.692. The molecule has 0 aliphatic heterocycles. The Balaban J connectivity index is 2.87. The van der Waals surface area contributed by atoms with Gasteiger partial charge in [0.15, 0.2) is 0 Å². The molecule has 0 radical (unpaired) electrons. The summed E-state index contributed by atoms with van der Waals surface area (Å²) in [5, 5.41) is 0.590. The Kier molecular flexibility index (Phi) is 6.43. The van der Waals surface area contributed by atoms with Crippen LogP contribution >= 0.6 is 27.7 Å². The van der Waals surface area contributed by atoms with Gasteiger partial charge < -0.3 is 4.98 Å². The van der Waals surface area contributed by atoms with Crippen molar-refractivity contribution in [2.75, 3.05) is 0 Å². The number of H-pyrrole nitrogens is 1. The highest BCUT2D eigenvalue weighted by Gasteiger charge is 2.11. The summed E-state index contributed by atoms with van der Waals surface area (Å²) in [5.74, 6) is 2.04. The third-order valence-electron chi connectivity index (χ3n) is 2.66. The monoisotopic (exact) mass is 332 g/mol. The largest absolute Gasteiger partial charge is 0.309 e. The molecule has 1 atom stereocenters. The van der Waals surface area contributed by atoms with Gasteiger partial charge in [-0.25, -0.2) is 4.98 Å². The first kappa shape index (κ1) is 15.8. The van der Waals surface area contributed by atoms with E-state index in [0.29, 0.717) is 15.6 Å². The fourth-order valence-corrected chi connectivity index (χ4v) is 2.65. The number of thioether (sulfide) groups is 1. The Morgan fingerprint density at radius 1 is 1.39 bits per heavy atom. The van der Waals surface area contributed by atoms with Gasteiger partial charge in [0.05, 0.1) is 11.4 Å². The highest BCUT2D eigenvalue weighted by atomic mass is 79.9. The minimum Gasteiger partial charge on any atom is -0.309 e. The predicted molar refractivity (Wildman–Crippen MR) is 82.1 cm³/mol. The molecule has 0 bridgehead atoms. The average molecular weight is 333 g/mol. The second kappa shape index (κ2) is 7.34. The van der Waals surface area contributed by atoms with Gasteiger partial charge in [-0.15, -0.1) is 0 Å².